The Balaban J connectivity index is 2.03. The number of hydrogen-bond acceptors (Lipinski definition) is 3. The molecule has 0 saturated carbocycles. The lowest BCUT2D eigenvalue weighted by atomic mass is 9.89. The van der Waals surface area contributed by atoms with Crippen molar-refractivity contribution in [1.29, 1.82) is 0 Å². The molecule has 0 aliphatic carbocycles. The fourth-order valence-electron chi connectivity index (χ4n) is 2.25. The Morgan fingerprint density at radius 2 is 1.95 bits per heavy atom. The van der Waals surface area contributed by atoms with Crippen LogP contribution in [0.3, 0.4) is 0 Å². The van der Waals surface area contributed by atoms with Crippen molar-refractivity contribution in [1.82, 2.24) is 0 Å². The number of carbonyl (C=O) groups excluding carboxylic acids is 2. The maximum absolute atomic E-state index is 11.9. The third-order valence-electron chi connectivity index (χ3n) is 3.50. The second kappa shape index (κ2) is 6.11. The van der Waals surface area contributed by atoms with E-state index in [1.54, 1.807) is 0 Å². The van der Waals surface area contributed by atoms with Crippen molar-refractivity contribution in [3.8, 4) is 0 Å². The van der Waals surface area contributed by atoms with E-state index in [0.717, 1.165) is 18.6 Å². The number of Topliss-reactive ketones (excluding diaryl/α,β-unsaturated/α-hetero) is 2. The van der Waals surface area contributed by atoms with Crippen LogP contribution in [-0.2, 0) is 20.7 Å². The lowest BCUT2D eigenvalue weighted by Gasteiger charge is -2.12. The smallest absolute Gasteiger partial charge is 0.143 e. The molecule has 102 valence electrons. The van der Waals surface area contributed by atoms with E-state index in [0.29, 0.717) is 12.8 Å². The van der Waals surface area contributed by atoms with E-state index < -0.39 is 5.92 Å². The minimum absolute atomic E-state index is 0.0342. The monoisotopic (exact) mass is 260 g/mol. The van der Waals surface area contributed by atoms with Gasteiger partial charge in [-0.3, -0.25) is 9.59 Å². The SMILES string of the molecule is CCCC(=O)C(Cc1ccc(C2CO2)cc1)C(C)=O. The molecule has 1 aliphatic heterocycles. The van der Waals surface area contributed by atoms with E-state index in [9.17, 15) is 9.59 Å². The van der Waals surface area contributed by atoms with E-state index in [-0.39, 0.29) is 17.7 Å². The second-order valence-corrected chi connectivity index (χ2v) is 5.15. The highest BCUT2D eigenvalue weighted by molar-refractivity contribution is 6.01. The number of ketones is 2. The predicted molar refractivity (Wildman–Crippen MR) is 72.9 cm³/mol. The van der Waals surface area contributed by atoms with Crippen molar-refractivity contribution in [3.63, 3.8) is 0 Å². The molecule has 0 radical (unpaired) electrons. The van der Waals surface area contributed by atoms with Crippen LogP contribution < -0.4 is 0 Å². The number of carbonyl (C=O) groups is 2. The molecule has 2 atom stereocenters. The second-order valence-electron chi connectivity index (χ2n) is 5.15. The van der Waals surface area contributed by atoms with Gasteiger partial charge in [0.05, 0.1) is 12.5 Å². The van der Waals surface area contributed by atoms with Crippen LogP contribution in [0.15, 0.2) is 24.3 Å². The normalized spacial score (nSPS) is 18.9. The summed E-state index contributed by atoms with van der Waals surface area (Å²) in [5, 5.41) is 0. The number of benzene rings is 1. The Morgan fingerprint density at radius 3 is 2.42 bits per heavy atom. The zero-order valence-corrected chi connectivity index (χ0v) is 11.5. The minimum Gasteiger partial charge on any atom is -0.368 e. The van der Waals surface area contributed by atoms with E-state index in [4.69, 9.17) is 4.74 Å². The Bertz CT molecular complexity index is 457. The molecular weight excluding hydrogens is 240 g/mol. The molecular formula is C16H20O3. The number of rotatable bonds is 7. The largest absolute Gasteiger partial charge is 0.368 e. The summed E-state index contributed by atoms with van der Waals surface area (Å²) >= 11 is 0. The zero-order chi connectivity index (χ0) is 13.8. The molecule has 3 nitrogen and oxygen atoms in total. The van der Waals surface area contributed by atoms with Crippen molar-refractivity contribution in [2.45, 2.75) is 39.2 Å². The van der Waals surface area contributed by atoms with Gasteiger partial charge >= 0.3 is 0 Å². The molecule has 1 aliphatic rings. The lowest BCUT2D eigenvalue weighted by molar-refractivity contribution is -0.131. The van der Waals surface area contributed by atoms with Crippen LogP contribution in [0.4, 0.5) is 0 Å². The molecule has 0 aromatic heterocycles. The number of hydrogen-bond donors (Lipinski definition) is 0. The fraction of sp³-hybridized carbons (Fsp3) is 0.500. The molecule has 0 bridgehead atoms. The molecule has 3 heteroatoms. The summed E-state index contributed by atoms with van der Waals surface area (Å²) in [6.45, 7) is 4.26. The van der Waals surface area contributed by atoms with Gasteiger partial charge in [-0.05, 0) is 30.9 Å². The Hall–Kier alpha value is -1.48. The third kappa shape index (κ3) is 3.74. The summed E-state index contributed by atoms with van der Waals surface area (Å²) in [6.07, 6.45) is 2.04. The quantitative estimate of drug-likeness (QED) is 0.559. The molecule has 1 saturated heterocycles. The van der Waals surface area contributed by atoms with Crippen molar-refractivity contribution in [2.24, 2.45) is 5.92 Å². The van der Waals surface area contributed by atoms with Gasteiger partial charge in [0.2, 0.25) is 0 Å². The summed E-state index contributed by atoms with van der Waals surface area (Å²) in [7, 11) is 0. The molecule has 1 aromatic rings. The van der Waals surface area contributed by atoms with E-state index in [2.05, 4.69) is 0 Å². The molecule has 1 fully saturated rings. The van der Waals surface area contributed by atoms with Crippen molar-refractivity contribution >= 4 is 11.6 Å². The van der Waals surface area contributed by atoms with Gasteiger partial charge in [0.1, 0.15) is 17.7 Å². The van der Waals surface area contributed by atoms with E-state index in [1.807, 2.05) is 31.2 Å². The molecule has 0 spiro atoms. The van der Waals surface area contributed by atoms with Gasteiger partial charge in [0, 0.05) is 6.42 Å². The average Bonchev–Trinajstić information content (AvgIpc) is 3.21. The molecule has 1 aromatic carbocycles. The average molecular weight is 260 g/mol. The van der Waals surface area contributed by atoms with Gasteiger partial charge < -0.3 is 4.74 Å². The number of epoxide rings is 1. The van der Waals surface area contributed by atoms with Gasteiger partial charge in [-0.25, -0.2) is 0 Å². The highest BCUT2D eigenvalue weighted by Crippen LogP contribution is 2.29. The minimum atomic E-state index is -0.483. The standard InChI is InChI=1S/C16H20O3/c1-3-4-15(18)14(11(2)17)9-12-5-7-13(8-6-12)16-10-19-16/h5-8,14,16H,3-4,9-10H2,1-2H3. The first-order valence-electron chi connectivity index (χ1n) is 6.85. The van der Waals surface area contributed by atoms with Gasteiger partial charge in [-0.15, -0.1) is 0 Å². The van der Waals surface area contributed by atoms with Crippen molar-refractivity contribution in [3.05, 3.63) is 35.4 Å². The summed E-state index contributed by atoms with van der Waals surface area (Å²) in [5.41, 5.74) is 2.21. The van der Waals surface area contributed by atoms with E-state index in [1.165, 1.54) is 12.5 Å². The third-order valence-corrected chi connectivity index (χ3v) is 3.50. The topological polar surface area (TPSA) is 46.7 Å². The summed E-state index contributed by atoms with van der Waals surface area (Å²) in [5.74, 6) is -0.458. The zero-order valence-electron chi connectivity index (χ0n) is 11.5. The lowest BCUT2D eigenvalue weighted by Crippen LogP contribution is -2.24. The maximum Gasteiger partial charge on any atom is 0.143 e. The van der Waals surface area contributed by atoms with Crippen LogP contribution in [0.25, 0.3) is 0 Å². The Morgan fingerprint density at radius 1 is 1.32 bits per heavy atom. The molecule has 2 unspecified atom stereocenters. The Kier molecular flexibility index (Phi) is 4.48. The van der Waals surface area contributed by atoms with Crippen LogP contribution in [-0.4, -0.2) is 18.2 Å². The highest BCUT2D eigenvalue weighted by atomic mass is 16.6. The first-order chi connectivity index (χ1) is 9.11. The first kappa shape index (κ1) is 13.9. The molecule has 0 N–H and O–H groups in total. The van der Waals surface area contributed by atoms with Crippen LogP contribution >= 0.6 is 0 Å². The summed E-state index contributed by atoms with van der Waals surface area (Å²) < 4.78 is 5.22. The van der Waals surface area contributed by atoms with Crippen LogP contribution in [0.2, 0.25) is 0 Å². The van der Waals surface area contributed by atoms with Gasteiger partial charge in [0.15, 0.2) is 0 Å². The van der Waals surface area contributed by atoms with Crippen molar-refractivity contribution in [2.75, 3.05) is 6.61 Å². The molecule has 19 heavy (non-hydrogen) atoms. The van der Waals surface area contributed by atoms with Crippen LogP contribution in [0.5, 0.6) is 0 Å². The first-order valence-corrected chi connectivity index (χ1v) is 6.85. The highest BCUT2D eigenvalue weighted by Gasteiger charge is 2.25. The van der Waals surface area contributed by atoms with Crippen molar-refractivity contribution < 1.29 is 14.3 Å². The van der Waals surface area contributed by atoms with Gasteiger partial charge in [-0.2, -0.15) is 0 Å². The van der Waals surface area contributed by atoms with Gasteiger partial charge in [-0.1, -0.05) is 31.2 Å². The van der Waals surface area contributed by atoms with E-state index >= 15 is 0 Å². The van der Waals surface area contributed by atoms with Crippen LogP contribution in [0, 0.1) is 5.92 Å². The maximum atomic E-state index is 11.9. The molecule has 1 heterocycles. The predicted octanol–water partition coefficient (Wildman–Crippen LogP) is 2.87. The Labute approximate surface area is 114 Å². The molecule has 2 rings (SSSR count). The number of ether oxygens (including phenoxy) is 1. The fourth-order valence-corrected chi connectivity index (χ4v) is 2.25. The van der Waals surface area contributed by atoms with Crippen LogP contribution in [0.1, 0.15) is 43.9 Å². The molecule has 0 amide bonds. The summed E-state index contributed by atoms with van der Waals surface area (Å²) in [4.78, 5) is 23.5. The summed E-state index contributed by atoms with van der Waals surface area (Å²) in [6, 6.07) is 8.03. The van der Waals surface area contributed by atoms with Gasteiger partial charge in [0.25, 0.3) is 0 Å².